The minimum absolute atomic E-state index is 0.204. The molecular formula is C24H25NO4. The van der Waals surface area contributed by atoms with Gasteiger partial charge in [-0.1, -0.05) is 54.6 Å². The maximum absolute atomic E-state index is 12.6. The lowest BCUT2D eigenvalue weighted by molar-refractivity contribution is 0.0944. The van der Waals surface area contributed by atoms with Gasteiger partial charge in [0.2, 0.25) is 0 Å². The van der Waals surface area contributed by atoms with Crippen LogP contribution in [0.3, 0.4) is 0 Å². The van der Waals surface area contributed by atoms with E-state index < -0.39 is 0 Å². The van der Waals surface area contributed by atoms with Crippen molar-refractivity contribution in [2.24, 2.45) is 0 Å². The zero-order chi connectivity index (χ0) is 20.5. The number of carbonyl (C=O) groups is 1. The largest absolute Gasteiger partial charge is 0.497 e. The first-order chi connectivity index (χ1) is 14.2. The van der Waals surface area contributed by atoms with Gasteiger partial charge in [-0.25, -0.2) is 0 Å². The Morgan fingerprint density at radius 3 is 2.28 bits per heavy atom. The number of rotatable bonds is 9. The first-order valence-corrected chi connectivity index (χ1v) is 9.40. The van der Waals surface area contributed by atoms with Crippen LogP contribution in [-0.4, -0.2) is 20.1 Å². The molecule has 29 heavy (non-hydrogen) atoms. The van der Waals surface area contributed by atoms with Gasteiger partial charge in [0.1, 0.15) is 11.5 Å². The second-order valence-corrected chi connectivity index (χ2v) is 6.50. The van der Waals surface area contributed by atoms with Gasteiger partial charge in [0.25, 0.3) is 5.91 Å². The fourth-order valence-electron chi connectivity index (χ4n) is 2.98. The zero-order valence-electron chi connectivity index (χ0n) is 16.7. The van der Waals surface area contributed by atoms with Crippen molar-refractivity contribution in [3.63, 3.8) is 0 Å². The molecular weight excluding hydrogens is 366 g/mol. The van der Waals surface area contributed by atoms with Crippen LogP contribution in [0.15, 0.2) is 72.8 Å². The van der Waals surface area contributed by atoms with E-state index in [0.717, 1.165) is 16.7 Å². The highest BCUT2D eigenvalue weighted by atomic mass is 16.5. The Balaban J connectivity index is 1.61. The van der Waals surface area contributed by atoms with Crippen molar-refractivity contribution in [3.05, 3.63) is 95.1 Å². The second kappa shape index (κ2) is 10.3. The van der Waals surface area contributed by atoms with Gasteiger partial charge in [0, 0.05) is 12.6 Å². The monoisotopic (exact) mass is 391 g/mol. The third-order valence-corrected chi connectivity index (χ3v) is 4.58. The minimum atomic E-state index is -0.204. The van der Waals surface area contributed by atoms with Crippen molar-refractivity contribution < 1.29 is 19.0 Å². The number of nitrogens with one attached hydrogen (secondary N) is 1. The molecule has 0 fully saturated rings. The summed E-state index contributed by atoms with van der Waals surface area (Å²) >= 11 is 0. The molecule has 0 aromatic heterocycles. The number of ether oxygens (including phenoxy) is 3. The Hall–Kier alpha value is -3.31. The molecule has 0 aliphatic rings. The molecule has 0 atom stereocenters. The van der Waals surface area contributed by atoms with Gasteiger partial charge >= 0.3 is 0 Å². The van der Waals surface area contributed by atoms with Gasteiger partial charge in [0.05, 0.1) is 33.0 Å². The molecule has 0 spiro atoms. The fraction of sp³-hybridized carbons (Fsp3) is 0.208. The highest BCUT2D eigenvalue weighted by molar-refractivity contribution is 5.97. The van der Waals surface area contributed by atoms with Crippen LogP contribution in [0.4, 0.5) is 0 Å². The summed E-state index contributed by atoms with van der Waals surface area (Å²) in [7, 11) is 3.11. The molecule has 5 nitrogen and oxygen atoms in total. The van der Waals surface area contributed by atoms with Gasteiger partial charge in [-0.15, -0.1) is 0 Å². The third-order valence-electron chi connectivity index (χ3n) is 4.58. The summed E-state index contributed by atoms with van der Waals surface area (Å²) in [5, 5.41) is 2.96. The molecule has 3 rings (SSSR count). The van der Waals surface area contributed by atoms with Crippen LogP contribution < -0.4 is 14.8 Å². The van der Waals surface area contributed by atoms with E-state index in [9.17, 15) is 4.79 Å². The van der Waals surface area contributed by atoms with Crippen LogP contribution in [0, 0.1) is 0 Å². The van der Waals surface area contributed by atoms with Gasteiger partial charge in [-0.3, -0.25) is 4.79 Å². The highest BCUT2D eigenvalue weighted by Crippen LogP contribution is 2.24. The summed E-state index contributed by atoms with van der Waals surface area (Å²) in [5.41, 5.74) is 3.66. The molecule has 5 heteroatoms. The summed E-state index contributed by atoms with van der Waals surface area (Å²) in [6.07, 6.45) is 0. The Bertz CT molecular complexity index is 941. The van der Waals surface area contributed by atoms with Crippen molar-refractivity contribution in [2.45, 2.75) is 19.8 Å². The van der Waals surface area contributed by atoms with Crippen LogP contribution in [0.1, 0.15) is 27.0 Å². The van der Waals surface area contributed by atoms with E-state index in [2.05, 4.69) is 5.32 Å². The van der Waals surface area contributed by atoms with E-state index in [1.54, 1.807) is 25.3 Å². The summed E-state index contributed by atoms with van der Waals surface area (Å²) < 4.78 is 16.4. The molecule has 1 N–H and O–H groups in total. The quantitative estimate of drug-likeness (QED) is 0.589. The lowest BCUT2D eigenvalue weighted by Gasteiger charge is -2.13. The van der Waals surface area contributed by atoms with Crippen LogP contribution >= 0.6 is 0 Å². The summed E-state index contributed by atoms with van der Waals surface area (Å²) in [6.45, 7) is 1.43. The van der Waals surface area contributed by atoms with Gasteiger partial charge in [-0.05, 0) is 28.8 Å². The minimum Gasteiger partial charge on any atom is -0.497 e. The number of carbonyl (C=O) groups excluding carboxylic acids is 1. The lowest BCUT2D eigenvalue weighted by Crippen LogP contribution is -2.24. The summed E-state index contributed by atoms with van der Waals surface area (Å²) in [6, 6.07) is 23.1. The standard InChI is InChI=1S/C24H25NO4/c1-27-21-12-13-22(23(14-21)28-2)24(26)25-15-19-10-6-7-11-20(19)17-29-16-18-8-4-3-5-9-18/h3-14H,15-17H2,1-2H3,(H,25,26). The number of hydrogen-bond acceptors (Lipinski definition) is 4. The van der Waals surface area contributed by atoms with Crippen molar-refractivity contribution in [2.75, 3.05) is 14.2 Å². The number of benzene rings is 3. The number of methoxy groups -OCH3 is 2. The first-order valence-electron chi connectivity index (χ1n) is 9.40. The SMILES string of the molecule is COc1ccc(C(=O)NCc2ccccc2COCc2ccccc2)c(OC)c1. The molecule has 0 saturated heterocycles. The highest BCUT2D eigenvalue weighted by Gasteiger charge is 2.13. The topological polar surface area (TPSA) is 56.8 Å². The van der Waals surface area contributed by atoms with E-state index in [-0.39, 0.29) is 5.91 Å². The van der Waals surface area contributed by atoms with Crippen molar-refractivity contribution in [3.8, 4) is 11.5 Å². The van der Waals surface area contributed by atoms with E-state index >= 15 is 0 Å². The molecule has 0 unspecified atom stereocenters. The normalized spacial score (nSPS) is 10.4. The van der Waals surface area contributed by atoms with E-state index in [1.807, 2.05) is 54.6 Å². The molecule has 150 valence electrons. The Morgan fingerprint density at radius 2 is 1.55 bits per heavy atom. The molecule has 0 radical (unpaired) electrons. The van der Waals surface area contributed by atoms with E-state index in [1.165, 1.54) is 7.11 Å². The first kappa shape index (κ1) is 20.4. The van der Waals surface area contributed by atoms with Crippen molar-refractivity contribution >= 4 is 5.91 Å². The van der Waals surface area contributed by atoms with Crippen molar-refractivity contribution in [1.82, 2.24) is 5.32 Å². The second-order valence-electron chi connectivity index (χ2n) is 6.50. The molecule has 0 saturated carbocycles. The molecule has 0 bridgehead atoms. The van der Waals surface area contributed by atoms with Crippen LogP contribution in [0.2, 0.25) is 0 Å². The molecule has 0 aliphatic heterocycles. The zero-order valence-corrected chi connectivity index (χ0v) is 16.7. The van der Waals surface area contributed by atoms with Gasteiger partial charge < -0.3 is 19.5 Å². The maximum Gasteiger partial charge on any atom is 0.255 e. The summed E-state index contributed by atoms with van der Waals surface area (Å²) in [5.74, 6) is 0.908. The van der Waals surface area contributed by atoms with Crippen LogP contribution in [0.5, 0.6) is 11.5 Å². The van der Waals surface area contributed by atoms with Crippen LogP contribution in [-0.2, 0) is 24.5 Å². The Morgan fingerprint density at radius 1 is 0.828 bits per heavy atom. The van der Waals surface area contributed by atoms with E-state index in [0.29, 0.717) is 36.8 Å². The molecule has 3 aromatic rings. The third kappa shape index (κ3) is 5.59. The van der Waals surface area contributed by atoms with Gasteiger partial charge in [0.15, 0.2) is 0 Å². The van der Waals surface area contributed by atoms with Crippen LogP contribution in [0.25, 0.3) is 0 Å². The number of hydrogen-bond donors (Lipinski definition) is 1. The predicted molar refractivity (Wildman–Crippen MR) is 112 cm³/mol. The Kier molecular flexibility index (Phi) is 7.25. The molecule has 1 amide bonds. The Labute approximate surface area is 171 Å². The molecule has 3 aromatic carbocycles. The fourth-order valence-corrected chi connectivity index (χ4v) is 2.98. The molecule has 0 heterocycles. The average Bonchev–Trinajstić information content (AvgIpc) is 2.78. The lowest BCUT2D eigenvalue weighted by atomic mass is 10.1. The maximum atomic E-state index is 12.6. The van der Waals surface area contributed by atoms with E-state index in [4.69, 9.17) is 14.2 Å². The average molecular weight is 391 g/mol. The van der Waals surface area contributed by atoms with Crippen molar-refractivity contribution in [1.29, 1.82) is 0 Å². The smallest absolute Gasteiger partial charge is 0.255 e. The van der Waals surface area contributed by atoms with Gasteiger partial charge in [-0.2, -0.15) is 0 Å². The predicted octanol–water partition coefficient (Wildman–Crippen LogP) is 4.35. The number of amides is 1. The summed E-state index contributed by atoms with van der Waals surface area (Å²) in [4.78, 5) is 12.6. The molecule has 0 aliphatic carbocycles.